The van der Waals surface area contributed by atoms with Crippen LogP contribution in [-0.4, -0.2) is 67.6 Å². The van der Waals surface area contributed by atoms with E-state index >= 15 is 0 Å². The smallest absolute Gasteiger partial charge is 0.225 e. The molecule has 0 unspecified atom stereocenters. The number of rotatable bonds is 6. The van der Waals surface area contributed by atoms with Crippen LogP contribution >= 0.6 is 0 Å². The molecule has 2 aliphatic rings. The number of carbonyl (C=O) groups is 2. The lowest BCUT2D eigenvalue weighted by Gasteiger charge is -2.35. The third kappa shape index (κ3) is 4.40. The molecule has 6 nitrogen and oxygen atoms in total. The minimum atomic E-state index is -0.305. The summed E-state index contributed by atoms with van der Waals surface area (Å²) in [5.41, 5.74) is 0.838. The molecular formula is C19H26FN3O3. The van der Waals surface area contributed by atoms with Crippen molar-refractivity contribution in [2.24, 2.45) is 5.92 Å². The van der Waals surface area contributed by atoms with Crippen LogP contribution in [0.25, 0.3) is 0 Å². The molecule has 3 rings (SSSR count). The third-order valence-electron chi connectivity index (χ3n) is 5.16. The number of morpholine rings is 1. The number of likely N-dealkylation sites (tertiary alicyclic amines) is 1. The highest BCUT2D eigenvalue weighted by Crippen LogP contribution is 2.23. The van der Waals surface area contributed by atoms with Gasteiger partial charge >= 0.3 is 0 Å². The highest BCUT2D eigenvalue weighted by molar-refractivity contribution is 5.89. The van der Waals surface area contributed by atoms with E-state index in [1.54, 1.807) is 11.0 Å². The molecule has 0 bridgehead atoms. The van der Waals surface area contributed by atoms with E-state index in [1.165, 1.54) is 12.1 Å². The second kappa shape index (κ2) is 8.60. The highest BCUT2D eigenvalue weighted by atomic mass is 19.1. The fraction of sp³-hybridized carbons (Fsp3) is 0.579. The predicted molar refractivity (Wildman–Crippen MR) is 94.9 cm³/mol. The van der Waals surface area contributed by atoms with E-state index in [4.69, 9.17) is 4.74 Å². The topological polar surface area (TPSA) is 61.9 Å². The van der Waals surface area contributed by atoms with Crippen molar-refractivity contribution in [2.45, 2.75) is 19.4 Å². The first-order valence-corrected chi connectivity index (χ1v) is 9.21. The van der Waals surface area contributed by atoms with Gasteiger partial charge in [0, 0.05) is 39.1 Å². The Labute approximate surface area is 153 Å². The zero-order valence-electron chi connectivity index (χ0n) is 15.1. The molecule has 0 radical (unpaired) electrons. The SMILES string of the molecule is CCN1C[C@@H](C(=O)NC[C@H](c2cccc(F)c2)N2CCOCC2)CC1=O. The molecule has 1 aromatic carbocycles. The molecule has 2 fully saturated rings. The highest BCUT2D eigenvalue weighted by Gasteiger charge is 2.34. The molecule has 0 aromatic heterocycles. The summed E-state index contributed by atoms with van der Waals surface area (Å²) < 4.78 is 19.1. The third-order valence-corrected chi connectivity index (χ3v) is 5.16. The molecule has 0 aliphatic carbocycles. The summed E-state index contributed by atoms with van der Waals surface area (Å²) in [7, 11) is 0. The molecule has 1 N–H and O–H groups in total. The van der Waals surface area contributed by atoms with E-state index in [9.17, 15) is 14.0 Å². The number of halogens is 1. The maximum Gasteiger partial charge on any atom is 0.225 e. The molecule has 2 heterocycles. The van der Waals surface area contributed by atoms with Crippen LogP contribution < -0.4 is 5.32 Å². The Balaban J connectivity index is 1.66. The standard InChI is InChI=1S/C19H26FN3O3/c1-2-22-13-15(11-18(22)24)19(25)21-12-17(23-6-8-26-9-7-23)14-4-3-5-16(20)10-14/h3-5,10,15,17H,2,6-9,11-13H2,1H3,(H,21,25)/t15-,17+/m0/s1. The molecule has 142 valence electrons. The summed E-state index contributed by atoms with van der Waals surface area (Å²) in [6.45, 7) is 6.14. The van der Waals surface area contributed by atoms with Crippen molar-refractivity contribution in [3.63, 3.8) is 0 Å². The summed E-state index contributed by atoms with van der Waals surface area (Å²) >= 11 is 0. The van der Waals surface area contributed by atoms with Gasteiger partial charge in [-0.2, -0.15) is 0 Å². The van der Waals surface area contributed by atoms with Crippen molar-refractivity contribution in [1.29, 1.82) is 0 Å². The first kappa shape index (κ1) is 18.8. The fourth-order valence-electron chi connectivity index (χ4n) is 3.66. The van der Waals surface area contributed by atoms with Crippen molar-refractivity contribution >= 4 is 11.8 Å². The molecule has 0 spiro atoms. The van der Waals surface area contributed by atoms with E-state index in [2.05, 4.69) is 10.2 Å². The molecule has 0 saturated carbocycles. The number of nitrogens with zero attached hydrogens (tertiary/aromatic N) is 2. The fourth-order valence-corrected chi connectivity index (χ4v) is 3.66. The Hall–Kier alpha value is -1.99. The molecule has 7 heteroatoms. The quantitative estimate of drug-likeness (QED) is 0.825. The maximum atomic E-state index is 13.7. The van der Waals surface area contributed by atoms with Gasteiger partial charge < -0.3 is 15.0 Å². The van der Waals surface area contributed by atoms with E-state index in [-0.39, 0.29) is 36.0 Å². The molecule has 2 amide bonds. The lowest BCUT2D eigenvalue weighted by Crippen LogP contribution is -2.45. The molecular weight excluding hydrogens is 337 g/mol. The van der Waals surface area contributed by atoms with Crippen LogP contribution in [-0.2, 0) is 14.3 Å². The number of hydrogen-bond acceptors (Lipinski definition) is 4. The first-order valence-electron chi connectivity index (χ1n) is 9.21. The summed E-state index contributed by atoms with van der Waals surface area (Å²) in [6, 6.07) is 6.40. The molecule has 1 aromatic rings. The zero-order chi connectivity index (χ0) is 18.5. The lowest BCUT2D eigenvalue weighted by atomic mass is 10.0. The average Bonchev–Trinajstić information content (AvgIpc) is 3.04. The normalized spacial score (nSPS) is 22.5. The molecule has 26 heavy (non-hydrogen) atoms. The van der Waals surface area contributed by atoms with Gasteiger partial charge in [0.25, 0.3) is 0 Å². The van der Waals surface area contributed by atoms with Gasteiger partial charge in [0.1, 0.15) is 5.82 Å². The Bertz CT molecular complexity index is 649. The number of benzene rings is 1. The van der Waals surface area contributed by atoms with Gasteiger partial charge in [-0.1, -0.05) is 12.1 Å². The van der Waals surface area contributed by atoms with E-state index in [0.29, 0.717) is 32.8 Å². The van der Waals surface area contributed by atoms with Crippen LogP contribution in [0, 0.1) is 11.7 Å². The Morgan fingerprint density at radius 2 is 2.15 bits per heavy atom. The summed E-state index contributed by atoms with van der Waals surface area (Å²) in [6.07, 6.45) is 0.266. The van der Waals surface area contributed by atoms with Crippen LogP contribution in [0.15, 0.2) is 24.3 Å². The second-order valence-corrected chi connectivity index (χ2v) is 6.80. The lowest BCUT2D eigenvalue weighted by molar-refractivity contribution is -0.129. The number of carbonyl (C=O) groups excluding carboxylic acids is 2. The molecule has 2 aliphatic heterocycles. The Kier molecular flexibility index (Phi) is 6.21. The number of amides is 2. The van der Waals surface area contributed by atoms with Crippen LogP contribution in [0.3, 0.4) is 0 Å². The predicted octanol–water partition coefficient (Wildman–Crippen LogP) is 1.18. The number of hydrogen-bond donors (Lipinski definition) is 1. The van der Waals surface area contributed by atoms with E-state index in [1.807, 2.05) is 13.0 Å². The van der Waals surface area contributed by atoms with Crippen LogP contribution in [0.2, 0.25) is 0 Å². The Morgan fingerprint density at radius 1 is 1.38 bits per heavy atom. The Morgan fingerprint density at radius 3 is 2.81 bits per heavy atom. The van der Waals surface area contributed by atoms with E-state index in [0.717, 1.165) is 18.7 Å². The van der Waals surface area contributed by atoms with Crippen LogP contribution in [0.5, 0.6) is 0 Å². The minimum absolute atomic E-state index is 0.0301. The van der Waals surface area contributed by atoms with Crippen molar-refractivity contribution in [3.8, 4) is 0 Å². The average molecular weight is 363 g/mol. The maximum absolute atomic E-state index is 13.7. The summed E-state index contributed by atoms with van der Waals surface area (Å²) in [5, 5.41) is 2.98. The number of nitrogens with one attached hydrogen (secondary N) is 1. The van der Waals surface area contributed by atoms with Crippen LogP contribution in [0.4, 0.5) is 4.39 Å². The van der Waals surface area contributed by atoms with E-state index < -0.39 is 0 Å². The van der Waals surface area contributed by atoms with Gasteiger partial charge in [-0.25, -0.2) is 4.39 Å². The monoisotopic (exact) mass is 363 g/mol. The summed E-state index contributed by atoms with van der Waals surface area (Å²) in [4.78, 5) is 28.3. The minimum Gasteiger partial charge on any atom is -0.379 e. The summed E-state index contributed by atoms with van der Waals surface area (Å²) in [5.74, 6) is -0.668. The molecule has 2 saturated heterocycles. The van der Waals surface area contributed by atoms with Crippen molar-refractivity contribution in [3.05, 3.63) is 35.6 Å². The number of ether oxygens (including phenoxy) is 1. The van der Waals surface area contributed by atoms with Gasteiger partial charge in [0.2, 0.25) is 11.8 Å². The van der Waals surface area contributed by atoms with Gasteiger partial charge in [-0.3, -0.25) is 14.5 Å². The van der Waals surface area contributed by atoms with Crippen LogP contribution in [0.1, 0.15) is 24.9 Å². The van der Waals surface area contributed by atoms with Crippen molar-refractivity contribution in [2.75, 3.05) is 45.9 Å². The molecule has 2 atom stereocenters. The van der Waals surface area contributed by atoms with Gasteiger partial charge in [0.05, 0.1) is 25.2 Å². The van der Waals surface area contributed by atoms with Gasteiger partial charge in [-0.15, -0.1) is 0 Å². The second-order valence-electron chi connectivity index (χ2n) is 6.80. The largest absolute Gasteiger partial charge is 0.379 e. The van der Waals surface area contributed by atoms with Crippen molar-refractivity contribution < 1.29 is 18.7 Å². The zero-order valence-corrected chi connectivity index (χ0v) is 15.1. The van der Waals surface area contributed by atoms with Gasteiger partial charge in [0.15, 0.2) is 0 Å². The van der Waals surface area contributed by atoms with Crippen molar-refractivity contribution in [1.82, 2.24) is 15.1 Å². The first-order chi connectivity index (χ1) is 12.6. The van der Waals surface area contributed by atoms with Gasteiger partial charge in [-0.05, 0) is 24.6 Å².